The van der Waals surface area contributed by atoms with E-state index in [2.05, 4.69) is 48.2 Å². The lowest BCUT2D eigenvalue weighted by molar-refractivity contribution is 0.424. The number of hydrogen-bond donors (Lipinski definition) is 1. The van der Waals surface area contributed by atoms with Gasteiger partial charge in [-0.2, -0.15) is 0 Å². The van der Waals surface area contributed by atoms with Crippen molar-refractivity contribution in [1.29, 1.82) is 0 Å². The molecule has 0 unspecified atom stereocenters. The van der Waals surface area contributed by atoms with Gasteiger partial charge in [-0.05, 0) is 52.3 Å². The molecule has 0 fully saturated rings. The lowest BCUT2D eigenvalue weighted by atomic mass is 10.1. The molecule has 2 rings (SSSR count). The van der Waals surface area contributed by atoms with E-state index in [9.17, 15) is 0 Å². The van der Waals surface area contributed by atoms with Crippen LogP contribution in [0.2, 0.25) is 0 Å². The number of nitrogens with one attached hydrogen (secondary N) is 1. The summed E-state index contributed by atoms with van der Waals surface area (Å²) in [6, 6.07) is 4.23. The SMILES string of the molecule is Cc1cc(CNC(C)(C)C)cc(-n2ccnc2C)n1. The first-order valence-electron chi connectivity index (χ1n) is 6.58. The zero-order valence-electron chi connectivity index (χ0n) is 12.4. The molecule has 0 atom stereocenters. The largest absolute Gasteiger partial charge is 0.308 e. The summed E-state index contributed by atoms with van der Waals surface area (Å²) in [4.78, 5) is 8.82. The van der Waals surface area contributed by atoms with Crippen molar-refractivity contribution in [2.75, 3.05) is 0 Å². The summed E-state index contributed by atoms with van der Waals surface area (Å²) in [5.41, 5.74) is 2.38. The second-order valence-electron chi connectivity index (χ2n) is 5.92. The standard InChI is InChI=1S/C15H22N4/c1-11-8-13(10-17-15(3,4)5)9-14(18-11)19-7-6-16-12(19)2/h6-9,17H,10H2,1-5H3. The second kappa shape index (κ2) is 5.13. The maximum Gasteiger partial charge on any atom is 0.138 e. The van der Waals surface area contributed by atoms with Gasteiger partial charge in [-0.3, -0.25) is 4.57 Å². The van der Waals surface area contributed by atoms with Crippen LogP contribution in [0.15, 0.2) is 24.5 Å². The predicted octanol–water partition coefficient (Wildman–Crippen LogP) is 2.77. The first-order valence-corrected chi connectivity index (χ1v) is 6.58. The minimum absolute atomic E-state index is 0.113. The molecule has 2 aromatic heterocycles. The Balaban J connectivity index is 2.28. The van der Waals surface area contributed by atoms with Gasteiger partial charge in [-0.1, -0.05) is 0 Å². The predicted molar refractivity (Wildman–Crippen MR) is 77.4 cm³/mol. The number of imidazole rings is 1. The molecule has 0 saturated carbocycles. The molecule has 4 heteroatoms. The van der Waals surface area contributed by atoms with Gasteiger partial charge in [-0.15, -0.1) is 0 Å². The van der Waals surface area contributed by atoms with Gasteiger partial charge in [0.05, 0.1) is 0 Å². The third kappa shape index (κ3) is 3.64. The molecule has 0 spiro atoms. The normalized spacial score (nSPS) is 11.8. The zero-order valence-corrected chi connectivity index (χ0v) is 12.4. The van der Waals surface area contributed by atoms with Crippen LogP contribution in [-0.4, -0.2) is 20.1 Å². The fraction of sp³-hybridized carbons (Fsp3) is 0.467. The molecule has 19 heavy (non-hydrogen) atoms. The topological polar surface area (TPSA) is 42.7 Å². The van der Waals surface area contributed by atoms with E-state index in [1.165, 1.54) is 5.56 Å². The first-order chi connectivity index (χ1) is 8.85. The minimum Gasteiger partial charge on any atom is -0.308 e. The van der Waals surface area contributed by atoms with Crippen molar-refractivity contribution < 1.29 is 0 Å². The van der Waals surface area contributed by atoms with Gasteiger partial charge >= 0.3 is 0 Å². The molecule has 0 saturated heterocycles. The average Bonchev–Trinajstić information content (AvgIpc) is 2.71. The van der Waals surface area contributed by atoms with Crippen LogP contribution >= 0.6 is 0 Å². The van der Waals surface area contributed by atoms with Crippen LogP contribution in [0.1, 0.15) is 37.9 Å². The van der Waals surface area contributed by atoms with E-state index in [1.54, 1.807) is 6.20 Å². The van der Waals surface area contributed by atoms with Crippen molar-refractivity contribution in [1.82, 2.24) is 19.9 Å². The van der Waals surface area contributed by atoms with Crippen molar-refractivity contribution in [3.63, 3.8) is 0 Å². The van der Waals surface area contributed by atoms with Crippen LogP contribution in [0, 0.1) is 13.8 Å². The highest BCUT2D eigenvalue weighted by molar-refractivity contribution is 5.32. The maximum absolute atomic E-state index is 4.58. The molecule has 0 aliphatic carbocycles. The first kappa shape index (κ1) is 13.7. The Labute approximate surface area is 114 Å². The Morgan fingerprint density at radius 1 is 1.21 bits per heavy atom. The highest BCUT2D eigenvalue weighted by Gasteiger charge is 2.10. The highest BCUT2D eigenvalue weighted by Crippen LogP contribution is 2.13. The van der Waals surface area contributed by atoms with Gasteiger partial charge in [0.1, 0.15) is 11.6 Å². The van der Waals surface area contributed by atoms with E-state index < -0.39 is 0 Å². The van der Waals surface area contributed by atoms with E-state index in [-0.39, 0.29) is 5.54 Å². The van der Waals surface area contributed by atoms with Gasteiger partial charge < -0.3 is 5.32 Å². The molecule has 2 heterocycles. The summed E-state index contributed by atoms with van der Waals surface area (Å²) in [5, 5.41) is 3.50. The molecule has 0 aromatic carbocycles. The third-order valence-electron chi connectivity index (χ3n) is 2.90. The van der Waals surface area contributed by atoms with Gasteiger partial charge in [0.15, 0.2) is 0 Å². The van der Waals surface area contributed by atoms with Crippen molar-refractivity contribution >= 4 is 0 Å². The minimum atomic E-state index is 0.113. The number of hydrogen-bond acceptors (Lipinski definition) is 3. The second-order valence-corrected chi connectivity index (χ2v) is 5.92. The van der Waals surface area contributed by atoms with E-state index in [0.29, 0.717) is 0 Å². The molecule has 1 N–H and O–H groups in total. The van der Waals surface area contributed by atoms with Crippen molar-refractivity contribution in [2.24, 2.45) is 0 Å². The number of aromatic nitrogens is 3. The Hall–Kier alpha value is -1.68. The zero-order chi connectivity index (χ0) is 14.0. The summed E-state index contributed by atoms with van der Waals surface area (Å²) in [6.07, 6.45) is 3.74. The molecule has 102 valence electrons. The van der Waals surface area contributed by atoms with Gasteiger partial charge in [0.25, 0.3) is 0 Å². The fourth-order valence-corrected chi connectivity index (χ4v) is 1.93. The van der Waals surface area contributed by atoms with Crippen molar-refractivity contribution in [3.05, 3.63) is 41.6 Å². The van der Waals surface area contributed by atoms with E-state index in [1.807, 2.05) is 24.6 Å². The molecule has 0 radical (unpaired) electrons. The highest BCUT2D eigenvalue weighted by atomic mass is 15.1. The van der Waals surface area contributed by atoms with E-state index in [0.717, 1.165) is 23.9 Å². The summed E-state index contributed by atoms with van der Waals surface area (Å²) in [6.45, 7) is 11.4. The van der Waals surface area contributed by atoms with Gasteiger partial charge in [0.2, 0.25) is 0 Å². The van der Waals surface area contributed by atoms with Crippen LogP contribution < -0.4 is 5.32 Å². The molecule has 4 nitrogen and oxygen atoms in total. The van der Waals surface area contributed by atoms with Crippen LogP contribution in [0.3, 0.4) is 0 Å². The van der Waals surface area contributed by atoms with Crippen LogP contribution in [0.25, 0.3) is 5.82 Å². The van der Waals surface area contributed by atoms with Gasteiger partial charge in [0, 0.05) is 30.2 Å². The molecule has 0 amide bonds. The van der Waals surface area contributed by atoms with E-state index >= 15 is 0 Å². The lowest BCUT2D eigenvalue weighted by Gasteiger charge is -2.21. The monoisotopic (exact) mass is 258 g/mol. The van der Waals surface area contributed by atoms with Crippen LogP contribution in [0.5, 0.6) is 0 Å². The lowest BCUT2D eigenvalue weighted by Crippen LogP contribution is -2.35. The maximum atomic E-state index is 4.58. The van der Waals surface area contributed by atoms with Crippen molar-refractivity contribution in [3.8, 4) is 5.82 Å². The molecule has 0 aliphatic heterocycles. The Morgan fingerprint density at radius 3 is 2.53 bits per heavy atom. The molecule has 0 bridgehead atoms. The Kier molecular flexibility index (Phi) is 3.71. The average molecular weight is 258 g/mol. The number of aryl methyl sites for hydroxylation is 2. The quantitative estimate of drug-likeness (QED) is 0.920. The van der Waals surface area contributed by atoms with Crippen LogP contribution in [0.4, 0.5) is 0 Å². The van der Waals surface area contributed by atoms with Crippen molar-refractivity contribution in [2.45, 2.75) is 46.7 Å². The Bertz CT molecular complexity index is 564. The summed E-state index contributed by atoms with van der Waals surface area (Å²) < 4.78 is 2.01. The fourth-order valence-electron chi connectivity index (χ4n) is 1.93. The number of nitrogens with zero attached hydrogens (tertiary/aromatic N) is 3. The molecule has 0 aliphatic rings. The smallest absolute Gasteiger partial charge is 0.138 e. The number of rotatable bonds is 3. The summed E-state index contributed by atoms with van der Waals surface area (Å²) >= 11 is 0. The third-order valence-corrected chi connectivity index (χ3v) is 2.90. The Morgan fingerprint density at radius 2 is 1.95 bits per heavy atom. The van der Waals surface area contributed by atoms with Gasteiger partial charge in [-0.25, -0.2) is 9.97 Å². The van der Waals surface area contributed by atoms with Crippen LogP contribution in [-0.2, 0) is 6.54 Å². The molecular weight excluding hydrogens is 236 g/mol. The molecule has 2 aromatic rings. The summed E-state index contributed by atoms with van der Waals surface area (Å²) in [5.74, 6) is 1.88. The number of pyridine rings is 1. The van der Waals surface area contributed by atoms with E-state index in [4.69, 9.17) is 0 Å². The molecular formula is C15H22N4. The summed E-state index contributed by atoms with van der Waals surface area (Å²) in [7, 11) is 0.